The Balaban J connectivity index is 1.66. The van der Waals surface area contributed by atoms with E-state index in [9.17, 15) is 0 Å². The molecule has 0 radical (unpaired) electrons. The molecule has 0 aliphatic carbocycles. The number of thioether (sulfide) groups is 2. The third-order valence-electron chi connectivity index (χ3n) is 11.0. The van der Waals surface area contributed by atoms with E-state index in [-0.39, 0.29) is 0 Å². The van der Waals surface area contributed by atoms with Gasteiger partial charge in [-0.25, -0.2) is 0 Å². The molecule has 0 aliphatic heterocycles. The van der Waals surface area contributed by atoms with Crippen molar-refractivity contribution in [2.24, 2.45) is 0 Å². The number of ether oxygens (including phenoxy) is 4. The third kappa shape index (κ3) is 24.4. The van der Waals surface area contributed by atoms with Gasteiger partial charge in [-0.1, -0.05) is 129 Å². The summed E-state index contributed by atoms with van der Waals surface area (Å²) in [6, 6.07) is 0. The first kappa shape index (κ1) is 53.2. The zero-order valence-corrected chi connectivity index (χ0v) is 43.3. The molecule has 0 aromatic carbocycles. The molecule has 2 heterocycles. The first-order chi connectivity index (χ1) is 28.1. The number of rotatable bonds is 42. The summed E-state index contributed by atoms with van der Waals surface area (Å²) in [5.41, 5.74) is 0. The summed E-state index contributed by atoms with van der Waals surface area (Å²) >= 11 is 6.90. The summed E-state index contributed by atoms with van der Waals surface area (Å²) in [7, 11) is 7.15. The Morgan fingerprint density at radius 2 is 0.561 bits per heavy atom. The zero-order chi connectivity index (χ0) is 41.0. The third-order valence-corrected chi connectivity index (χ3v) is 20.2. The van der Waals surface area contributed by atoms with Crippen LogP contribution in [-0.2, 0) is 0 Å². The maximum absolute atomic E-state index is 5.99. The maximum atomic E-state index is 5.99. The SMILES string of the molecule is CCCCCCCCCCCCCCCCCCSc1sc([Te]c2sc(SCCCCCCCCCCCCCCCCCC)c(OC)c2OC)c(OC)c1OC. The van der Waals surface area contributed by atoms with E-state index in [0.717, 1.165) is 34.5 Å². The molecule has 0 unspecified atom stereocenters. The van der Waals surface area contributed by atoms with Crippen molar-refractivity contribution < 1.29 is 18.9 Å². The number of hydrogen-bond donors (Lipinski definition) is 0. The van der Waals surface area contributed by atoms with Crippen LogP contribution in [0.3, 0.4) is 0 Å². The van der Waals surface area contributed by atoms with Gasteiger partial charge in [0.1, 0.15) is 0 Å². The van der Waals surface area contributed by atoms with Gasteiger partial charge in [-0.05, 0) is 0 Å². The summed E-state index contributed by atoms with van der Waals surface area (Å²) in [6.07, 6.45) is 45.0. The summed E-state index contributed by atoms with van der Waals surface area (Å²) in [5.74, 6) is 5.96. The zero-order valence-electron chi connectivity index (χ0n) is 37.7. The van der Waals surface area contributed by atoms with Crippen LogP contribution in [0.4, 0.5) is 0 Å². The molecule has 0 saturated heterocycles. The number of hydrogen-bond acceptors (Lipinski definition) is 8. The standard InChI is InChI=1S/C48H86O4S4Te/c1-7-9-11-13-15-17-19-21-23-25-27-29-31-33-35-37-39-53-45-41(49-3)43(51-5)47(55-45)57-48-44(52-6)42(50-4)46(56-48)54-40-38-36-34-32-30-28-26-24-22-20-18-16-14-12-10-8-2/h7-40H2,1-6H3. The van der Waals surface area contributed by atoms with Gasteiger partial charge in [0, 0.05) is 0 Å². The van der Waals surface area contributed by atoms with Gasteiger partial charge >= 0.3 is 253 Å². The molecule has 9 heteroatoms. The average Bonchev–Trinajstić information content (AvgIpc) is 3.75. The van der Waals surface area contributed by atoms with Gasteiger partial charge in [0.25, 0.3) is 0 Å². The second-order valence-electron chi connectivity index (χ2n) is 15.9. The van der Waals surface area contributed by atoms with Crippen LogP contribution >= 0.6 is 46.2 Å². The summed E-state index contributed by atoms with van der Waals surface area (Å²) in [5, 5.41) is 0. The topological polar surface area (TPSA) is 36.9 Å². The van der Waals surface area contributed by atoms with Crippen molar-refractivity contribution in [3.05, 3.63) is 0 Å². The van der Waals surface area contributed by atoms with Gasteiger partial charge in [-0.15, -0.1) is 0 Å². The van der Waals surface area contributed by atoms with E-state index in [1.54, 1.807) is 28.4 Å². The summed E-state index contributed by atoms with van der Waals surface area (Å²) in [6.45, 7) is 4.60. The minimum atomic E-state index is -0.747. The van der Waals surface area contributed by atoms with Crippen molar-refractivity contribution in [1.29, 1.82) is 0 Å². The van der Waals surface area contributed by atoms with Gasteiger partial charge in [0.15, 0.2) is 0 Å². The van der Waals surface area contributed by atoms with E-state index in [0.29, 0.717) is 0 Å². The second kappa shape index (κ2) is 37.8. The number of thiophene rings is 2. The molecular formula is C48H86O4S4Te. The summed E-state index contributed by atoms with van der Waals surface area (Å²) in [4.78, 5) is 0. The molecular weight excluding hydrogens is 896 g/mol. The Labute approximate surface area is 379 Å². The Morgan fingerprint density at radius 3 is 0.789 bits per heavy atom. The van der Waals surface area contributed by atoms with E-state index >= 15 is 0 Å². The van der Waals surface area contributed by atoms with Crippen LogP contribution in [0.1, 0.15) is 219 Å². The first-order valence-corrected chi connectivity index (χ1v) is 29.5. The molecule has 2 rings (SSSR count). The molecule has 4 nitrogen and oxygen atoms in total. The number of methoxy groups -OCH3 is 4. The predicted octanol–water partition coefficient (Wildman–Crippen LogP) is 16.2. The van der Waals surface area contributed by atoms with Gasteiger partial charge in [0.2, 0.25) is 0 Å². The minimum absolute atomic E-state index is 0.747. The average molecular weight is 983 g/mol. The molecule has 0 N–H and O–H groups in total. The molecule has 57 heavy (non-hydrogen) atoms. The Morgan fingerprint density at radius 1 is 0.333 bits per heavy atom. The Hall–Kier alpha value is 0.0896. The van der Waals surface area contributed by atoms with Crippen LogP contribution in [0.15, 0.2) is 8.42 Å². The molecule has 0 saturated carbocycles. The van der Waals surface area contributed by atoms with E-state index in [2.05, 4.69) is 13.8 Å². The fourth-order valence-corrected chi connectivity index (χ4v) is 18.7. The predicted molar refractivity (Wildman–Crippen MR) is 260 cm³/mol. The normalized spacial score (nSPS) is 11.5. The fourth-order valence-electron chi connectivity index (χ4n) is 7.47. The molecule has 0 spiro atoms. The van der Waals surface area contributed by atoms with Crippen LogP contribution in [0.5, 0.6) is 23.0 Å². The molecule has 2 aromatic heterocycles. The van der Waals surface area contributed by atoms with E-state index < -0.39 is 20.9 Å². The van der Waals surface area contributed by atoms with Crippen LogP contribution < -0.4 is 24.8 Å². The van der Waals surface area contributed by atoms with Gasteiger partial charge in [-0.2, -0.15) is 0 Å². The monoisotopic (exact) mass is 984 g/mol. The van der Waals surface area contributed by atoms with Crippen LogP contribution in [0.25, 0.3) is 0 Å². The summed E-state index contributed by atoms with van der Waals surface area (Å²) < 4.78 is 29.1. The molecule has 0 bridgehead atoms. The van der Waals surface area contributed by atoms with Gasteiger partial charge in [0.05, 0.1) is 0 Å². The van der Waals surface area contributed by atoms with Crippen molar-refractivity contribution in [2.45, 2.75) is 228 Å². The first-order valence-electron chi connectivity index (χ1n) is 23.6. The van der Waals surface area contributed by atoms with Crippen LogP contribution in [-0.4, -0.2) is 60.9 Å². The van der Waals surface area contributed by atoms with E-state index in [1.165, 1.54) is 220 Å². The van der Waals surface area contributed by atoms with Crippen molar-refractivity contribution >= 4 is 73.0 Å². The van der Waals surface area contributed by atoms with Gasteiger partial charge in [-0.3, -0.25) is 0 Å². The Kier molecular flexibility index (Phi) is 35.3. The molecule has 332 valence electrons. The van der Waals surface area contributed by atoms with Crippen LogP contribution in [0, 0.1) is 0 Å². The Bertz CT molecular complexity index is 1110. The quantitative estimate of drug-likeness (QED) is 0.0375. The van der Waals surface area contributed by atoms with E-state index in [4.69, 9.17) is 18.9 Å². The van der Waals surface area contributed by atoms with E-state index in [1.807, 2.05) is 46.2 Å². The molecule has 0 aliphatic rings. The molecule has 0 atom stereocenters. The van der Waals surface area contributed by atoms with Crippen molar-refractivity contribution in [2.75, 3.05) is 39.9 Å². The van der Waals surface area contributed by atoms with Crippen molar-refractivity contribution in [3.8, 4) is 23.0 Å². The fraction of sp³-hybridized carbons (Fsp3) is 0.833. The van der Waals surface area contributed by atoms with Gasteiger partial charge < -0.3 is 0 Å². The van der Waals surface area contributed by atoms with Crippen molar-refractivity contribution in [1.82, 2.24) is 0 Å². The molecule has 0 fully saturated rings. The number of unbranched alkanes of at least 4 members (excludes halogenated alkanes) is 30. The molecule has 2 aromatic rings. The van der Waals surface area contributed by atoms with Crippen LogP contribution in [0.2, 0.25) is 0 Å². The second-order valence-corrected chi connectivity index (χ2v) is 25.2. The van der Waals surface area contributed by atoms with Crippen molar-refractivity contribution in [3.63, 3.8) is 0 Å². The molecule has 0 amide bonds.